The average Bonchev–Trinajstić information content (AvgIpc) is 2.27. The summed E-state index contributed by atoms with van der Waals surface area (Å²) < 4.78 is 11.0. The normalized spacial score (nSPS) is 14.5. The molecule has 4 heteroatoms. The van der Waals surface area contributed by atoms with Crippen LogP contribution in [0, 0.1) is 6.92 Å². The third kappa shape index (κ3) is 5.33. The van der Waals surface area contributed by atoms with Crippen LogP contribution in [0.3, 0.4) is 0 Å². The van der Waals surface area contributed by atoms with Crippen molar-refractivity contribution in [3.63, 3.8) is 0 Å². The molecule has 1 aromatic carbocycles. The van der Waals surface area contributed by atoms with Crippen LogP contribution in [0.4, 0.5) is 0 Å². The summed E-state index contributed by atoms with van der Waals surface area (Å²) in [5.41, 5.74) is 2.05. The van der Waals surface area contributed by atoms with Crippen molar-refractivity contribution in [2.45, 2.75) is 32.9 Å². The van der Waals surface area contributed by atoms with Gasteiger partial charge in [-0.3, -0.25) is 4.21 Å². The van der Waals surface area contributed by atoms with Gasteiger partial charge in [0.15, 0.2) is 0 Å². The average molecular weight is 255 g/mol. The van der Waals surface area contributed by atoms with Gasteiger partial charge in [-0.1, -0.05) is 17.7 Å². The van der Waals surface area contributed by atoms with Crippen LogP contribution < -0.4 is 5.32 Å². The molecule has 3 nitrogen and oxygen atoms in total. The molecule has 2 unspecified atom stereocenters. The van der Waals surface area contributed by atoms with E-state index < -0.39 is 10.8 Å². The predicted octanol–water partition coefficient (Wildman–Crippen LogP) is 1.95. The van der Waals surface area contributed by atoms with E-state index in [1.807, 2.05) is 19.1 Å². The molecular formula is C13H21NO2S. The highest BCUT2D eigenvalue weighted by atomic mass is 32.2. The molecule has 0 fully saturated rings. The number of aryl methyl sites for hydroxylation is 1. The summed E-state index contributed by atoms with van der Waals surface area (Å²) in [7, 11) is -0.732. The lowest BCUT2D eigenvalue weighted by Crippen LogP contribution is -2.27. The van der Waals surface area contributed by atoms with E-state index in [2.05, 4.69) is 12.2 Å². The first-order valence-electron chi connectivity index (χ1n) is 5.81. The largest absolute Gasteiger partial charge is 0.508 e. The fourth-order valence-corrected chi connectivity index (χ4v) is 2.27. The van der Waals surface area contributed by atoms with Gasteiger partial charge in [0.25, 0.3) is 0 Å². The molecule has 0 saturated carbocycles. The number of phenolic OH excluding ortho intramolecular Hbond substituents is 1. The van der Waals surface area contributed by atoms with E-state index >= 15 is 0 Å². The number of hydrogen-bond donors (Lipinski definition) is 2. The minimum atomic E-state index is -0.732. The molecule has 0 aliphatic carbocycles. The molecule has 0 heterocycles. The lowest BCUT2D eigenvalue weighted by Gasteiger charge is -2.14. The fraction of sp³-hybridized carbons (Fsp3) is 0.538. The SMILES string of the molecule is Cc1ccc(O)c(CNC(C)CCS(C)=O)c1. The highest BCUT2D eigenvalue weighted by Gasteiger charge is 2.05. The van der Waals surface area contributed by atoms with Crippen molar-refractivity contribution in [3.8, 4) is 5.75 Å². The van der Waals surface area contributed by atoms with Crippen LogP contribution in [0.1, 0.15) is 24.5 Å². The molecule has 0 aliphatic heterocycles. The summed E-state index contributed by atoms with van der Waals surface area (Å²) in [6.45, 7) is 4.72. The Morgan fingerprint density at radius 2 is 2.18 bits per heavy atom. The number of benzene rings is 1. The highest BCUT2D eigenvalue weighted by molar-refractivity contribution is 7.84. The summed E-state index contributed by atoms with van der Waals surface area (Å²) in [4.78, 5) is 0. The second kappa shape index (κ2) is 6.77. The van der Waals surface area contributed by atoms with Gasteiger partial charge in [0.05, 0.1) is 0 Å². The molecule has 2 N–H and O–H groups in total. The quantitative estimate of drug-likeness (QED) is 0.817. The molecule has 0 aromatic heterocycles. The second-order valence-corrected chi connectivity index (χ2v) is 6.03. The first kappa shape index (κ1) is 14.2. The van der Waals surface area contributed by atoms with Crippen LogP contribution in [0.5, 0.6) is 5.75 Å². The van der Waals surface area contributed by atoms with E-state index in [0.717, 1.165) is 17.5 Å². The molecule has 0 spiro atoms. The van der Waals surface area contributed by atoms with Crippen LogP contribution in [0.15, 0.2) is 18.2 Å². The van der Waals surface area contributed by atoms with Gasteiger partial charge < -0.3 is 10.4 Å². The molecule has 1 aromatic rings. The van der Waals surface area contributed by atoms with E-state index in [1.165, 1.54) is 0 Å². The lowest BCUT2D eigenvalue weighted by molar-refractivity contribution is 0.457. The third-order valence-corrected chi connectivity index (χ3v) is 3.52. The number of aromatic hydroxyl groups is 1. The molecule has 0 bridgehead atoms. The minimum absolute atomic E-state index is 0.304. The van der Waals surface area contributed by atoms with E-state index in [0.29, 0.717) is 24.1 Å². The third-order valence-electron chi connectivity index (χ3n) is 2.71. The molecule has 96 valence electrons. The van der Waals surface area contributed by atoms with E-state index in [4.69, 9.17) is 0 Å². The van der Waals surface area contributed by atoms with Crippen molar-refractivity contribution in [3.05, 3.63) is 29.3 Å². The Balaban J connectivity index is 2.44. The Kier molecular flexibility index (Phi) is 5.65. The van der Waals surface area contributed by atoms with Crippen molar-refractivity contribution in [1.82, 2.24) is 5.32 Å². The van der Waals surface area contributed by atoms with Gasteiger partial charge in [-0.25, -0.2) is 0 Å². The minimum Gasteiger partial charge on any atom is -0.508 e. The molecule has 2 atom stereocenters. The number of hydrogen-bond acceptors (Lipinski definition) is 3. The Morgan fingerprint density at radius 1 is 1.47 bits per heavy atom. The van der Waals surface area contributed by atoms with Crippen molar-refractivity contribution < 1.29 is 9.32 Å². The van der Waals surface area contributed by atoms with Crippen LogP contribution in [-0.2, 0) is 17.3 Å². The first-order chi connectivity index (χ1) is 7.99. The summed E-state index contributed by atoms with van der Waals surface area (Å²) in [5, 5.41) is 13.0. The maximum absolute atomic E-state index is 11.0. The van der Waals surface area contributed by atoms with Gasteiger partial charge in [-0.15, -0.1) is 0 Å². The highest BCUT2D eigenvalue weighted by Crippen LogP contribution is 2.17. The standard InChI is InChI=1S/C13H21NO2S/c1-10-4-5-13(15)12(8-10)9-14-11(2)6-7-17(3)16/h4-5,8,11,14-15H,6-7,9H2,1-3H3. The maximum Gasteiger partial charge on any atom is 0.120 e. The molecule has 17 heavy (non-hydrogen) atoms. The van der Waals surface area contributed by atoms with Crippen molar-refractivity contribution >= 4 is 10.8 Å². The van der Waals surface area contributed by atoms with Gasteiger partial charge in [0.2, 0.25) is 0 Å². The summed E-state index contributed by atoms with van der Waals surface area (Å²) in [5.74, 6) is 1.04. The summed E-state index contributed by atoms with van der Waals surface area (Å²) in [6.07, 6.45) is 2.61. The zero-order valence-corrected chi connectivity index (χ0v) is 11.5. The summed E-state index contributed by atoms with van der Waals surface area (Å²) >= 11 is 0. The van der Waals surface area contributed by atoms with Crippen LogP contribution in [-0.4, -0.2) is 27.4 Å². The number of rotatable bonds is 6. The lowest BCUT2D eigenvalue weighted by atomic mass is 10.1. The van der Waals surface area contributed by atoms with Gasteiger partial charge >= 0.3 is 0 Å². The fourth-order valence-electron chi connectivity index (χ4n) is 1.58. The van der Waals surface area contributed by atoms with E-state index in [9.17, 15) is 9.32 Å². The Labute approximate surface area is 106 Å². The monoisotopic (exact) mass is 255 g/mol. The molecule has 0 amide bonds. The topological polar surface area (TPSA) is 49.3 Å². The van der Waals surface area contributed by atoms with E-state index in [1.54, 1.807) is 12.3 Å². The van der Waals surface area contributed by atoms with Gasteiger partial charge in [0.1, 0.15) is 5.75 Å². The zero-order valence-electron chi connectivity index (χ0n) is 10.7. The number of nitrogens with one attached hydrogen (secondary N) is 1. The Hall–Kier alpha value is -0.870. The molecule has 0 saturated heterocycles. The Bertz CT molecular complexity index is 393. The van der Waals surface area contributed by atoms with Gasteiger partial charge in [-0.2, -0.15) is 0 Å². The molecular weight excluding hydrogens is 234 g/mol. The van der Waals surface area contributed by atoms with Crippen molar-refractivity contribution in [2.24, 2.45) is 0 Å². The zero-order chi connectivity index (χ0) is 12.8. The van der Waals surface area contributed by atoms with Crippen LogP contribution in [0.2, 0.25) is 0 Å². The predicted molar refractivity (Wildman–Crippen MR) is 72.7 cm³/mol. The van der Waals surface area contributed by atoms with Gasteiger partial charge in [0, 0.05) is 41.0 Å². The van der Waals surface area contributed by atoms with Crippen molar-refractivity contribution in [1.29, 1.82) is 0 Å². The molecule has 0 aliphatic rings. The van der Waals surface area contributed by atoms with Crippen LogP contribution >= 0.6 is 0 Å². The van der Waals surface area contributed by atoms with Gasteiger partial charge in [-0.05, 0) is 26.3 Å². The molecule has 1 rings (SSSR count). The Morgan fingerprint density at radius 3 is 2.82 bits per heavy atom. The summed E-state index contributed by atoms with van der Waals surface area (Å²) in [6, 6.07) is 5.90. The van der Waals surface area contributed by atoms with Crippen LogP contribution in [0.25, 0.3) is 0 Å². The molecule has 0 radical (unpaired) electrons. The van der Waals surface area contributed by atoms with Crippen molar-refractivity contribution in [2.75, 3.05) is 12.0 Å². The van der Waals surface area contributed by atoms with E-state index in [-0.39, 0.29) is 0 Å². The number of phenols is 1. The first-order valence-corrected chi connectivity index (χ1v) is 7.53. The maximum atomic E-state index is 11.0. The smallest absolute Gasteiger partial charge is 0.120 e. The second-order valence-electron chi connectivity index (χ2n) is 4.48.